The zero-order valence-corrected chi connectivity index (χ0v) is 12.1. The molecule has 0 saturated heterocycles. The zero-order valence-electron chi connectivity index (χ0n) is 12.1. The number of aromatic nitrogens is 1. The molecule has 0 amide bonds. The molecule has 0 atom stereocenters. The molecule has 0 bridgehead atoms. The lowest BCUT2D eigenvalue weighted by Crippen LogP contribution is -2.06. The van der Waals surface area contributed by atoms with Gasteiger partial charge in [-0.15, -0.1) is 0 Å². The van der Waals surface area contributed by atoms with Crippen LogP contribution in [0.2, 0.25) is 0 Å². The molecule has 0 saturated carbocycles. The van der Waals surface area contributed by atoms with Crippen LogP contribution in [-0.2, 0) is 13.0 Å². The van der Waals surface area contributed by atoms with Crippen LogP contribution in [0.25, 0.3) is 0 Å². The highest BCUT2D eigenvalue weighted by atomic mass is 19.2. The quantitative estimate of drug-likeness (QED) is 0.878. The van der Waals surface area contributed by atoms with Crippen molar-refractivity contribution in [3.05, 3.63) is 53.2 Å². The largest absolute Gasteiger partial charge is 0.439 e. The van der Waals surface area contributed by atoms with Gasteiger partial charge in [0.1, 0.15) is 5.75 Å². The molecule has 1 aromatic heterocycles. The predicted octanol–water partition coefficient (Wildman–Crippen LogP) is 3.82. The van der Waals surface area contributed by atoms with Crippen LogP contribution in [0.4, 0.5) is 8.78 Å². The van der Waals surface area contributed by atoms with Crippen LogP contribution < -0.4 is 10.1 Å². The highest BCUT2D eigenvalue weighted by molar-refractivity contribution is 5.31. The van der Waals surface area contributed by atoms with Gasteiger partial charge in [-0.2, -0.15) is 0 Å². The highest BCUT2D eigenvalue weighted by Gasteiger charge is 2.07. The molecule has 1 N–H and O–H groups in total. The summed E-state index contributed by atoms with van der Waals surface area (Å²) in [6, 6.07) is 7.23. The van der Waals surface area contributed by atoms with E-state index in [2.05, 4.69) is 17.2 Å². The third-order valence-electron chi connectivity index (χ3n) is 2.92. The van der Waals surface area contributed by atoms with Crippen LogP contribution >= 0.6 is 0 Å². The molecule has 0 aliphatic rings. The molecule has 0 radical (unpaired) electrons. The number of nitrogens with zero attached hydrogens (tertiary/aromatic N) is 1. The molecule has 2 aromatic rings. The third kappa shape index (κ3) is 4.23. The molecule has 5 heteroatoms. The number of benzene rings is 1. The number of halogens is 2. The second-order valence-electron chi connectivity index (χ2n) is 4.76. The van der Waals surface area contributed by atoms with Crippen LogP contribution in [-0.4, -0.2) is 12.0 Å². The van der Waals surface area contributed by atoms with Gasteiger partial charge in [-0.05, 0) is 37.2 Å². The first-order valence-corrected chi connectivity index (χ1v) is 6.89. The Bertz CT molecular complexity index is 593. The normalized spacial score (nSPS) is 10.7. The van der Waals surface area contributed by atoms with Gasteiger partial charge >= 0.3 is 0 Å². The predicted molar refractivity (Wildman–Crippen MR) is 77.4 cm³/mol. The first-order valence-electron chi connectivity index (χ1n) is 6.89. The Morgan fingerprint density at radius 2 is 1.95 bits per heavy atom. The average molecular weight is 292 g/mol. The van der Waals surface area contributed by atoms with Crippen molar-refractivity contribution in [2.45, 2.75) is 26.3 Å². The Hall–Kier alpha value is -2.01. The Balaban J connectivity index is 2.26. The fourth-order valence-electron chi connectivity index (χ4n) is 2.02. The van der Waals surface area contributed by atoms with E-state index in [1.165, 1.54) is 6.07 Å². The first kappa shape index (κ1) is 15.4. The van der Waals surface area contributed by atoms with Crippen molar-refractivity contribution >= 4 is 0 Å². The molecule has 1 heterocycles. The number of nitrogens with one attached hydrogen (secondary N) is 1. The molecule has 0 fully saturated rings. The lowest BCUT2D eigenvalue weighted by molar-refractivity contribution is 0.445. The van der Waals surface area contributed by atoms with Crippen LogP contribution in [0, 0.1) is 11.6 Å². The summed E-state index contributed by atoms with van der Waals surface area (Å²) < 4.78 is 31.7. The summed E-state index contributed by atoms with van der Waals surface area (Å²) in [7, 11) is 1.86. The monoisotopic (exact) mass is 292 g/mol. The van der Waals surface area contributed by atoms with Crippen molar-refractivity contribution in [2.24, 2.45) is 0 Å². The van der Waals surface area contributed by atoms with E-state index in [0.717, 1.165) is 36.2 Å². The summed E-state index contributed by atoms with van der Waals surface area (Å²) in [5, 5.41) is 3.07. The van der Waals surface area contributed by atoms with Crippen molar-refractivity contribution < 1.29 is 13.5 Å². The standard InChI is InChI=1S/C16H18F2N2O/c1-3-4-12-7-11(10-19-2)8-16(20-12)21-13-5-6-14(17)15(18)9-13/h5-9,19H,3-4,10H2,1-2H3. The summed E-state index contributed by atoms with van der Waals surface area (Å²) in [5.74, 6) is -1.22. The summed E-state index contributed by atoms with van der Waals surface area (Å²) >= 11 is 0. The minimum absolute atomic E-state index is 0.227. The minimum Gasteiger partial charge on any atom is -0.439 e. The van der Waals surface area contributed by atoms with Gasteiger partial charge in [0.2, 0.25) is 5.88 Å². The van der Waals surface area contributed by atoms with Crippen LogP contribution in [0.1, 0.15) is 24.6 Å². The van der Waals surface area contributed by atoms with E-state index in [4.69, 9.17) is 4.74 Å². The molecule has 21 heavy (non-hydrogen) atoms. The van der Waals surface area contributed by atoms with E-state index in [1.807, 2.05) is 13.1 Å². The Morgan fingerprint density at radius 1 is 1.14 bits per heavy atom. The fraction of sp³-hybridized carbons (Fsp3) is 0.312. The van der Waals surface area contributed by atoms with Crippen molar-refractivity contribution in [1.82, 2.24) is 10.3 Å². The number of hydrogen-bond acceptors (Lipinski definition) is 3. The lowest BCUT2D eigenvalue weighted by atomic mass is 10.1. The van der Waals surface area contributed by atoms with Gasteiger partial charge in [0.25, 0.3) is 0 Å². The van der Waals surface area contributed by atoms with E-state index < -0.39 is 11.6 Å². The van der Waals surface area contributed by atoms with Gasteiger partial charge in [-0.3, -0.25) is 0 Å². The zero-order chi connectivity index (χ0) is 15.2. The van der Waals surface area contributed by atoms with Crippen molar-refractivity contribution in [3.63, 3.8) is 0 Å². The van der Waals surface area contributed by atoms with Crippen LogP contribution in [0.5, 0.6) is 11.6 Å². The molecule has 1 aromatic carbocycles. The molecule has 3 nitrogen and oxygen atoms in total. The van der Waals surface area contributed by atoms with Gasteiger partial charge in [0.15, 0.2) is 11.6 Å². The van der Waals surface area contributed by atoms with E-state index in [0.29, 0.717) is 12.4 Å². The number of pyridine rings is 1. The average Bonchev–Trinajstić information content (AvgIpc) is 2.43. The van der Waals surface area contributed by atoms with Gasteiger partial charge in [0, 0.05) is 24.4 Å². The third-order valence-corrected chi connectivity index (χ3v) is 2.92. The van der Waals surface area contributed by atoms with Crippen molar-refractivity contribution in [1.29, 1.82) is 0 Å². The Kier molecular flexibility index (Phi) is 5.22. The fourth-order valence-corrected chi connectivity index (χ4v) is 2.02. The number of ether oxygens (including phenoxy) is 1. The number of aryl methyl sites for hydroxylation is 1. The van der Waals surface area contributed by atoms with Crippen LogP contribution in [0.3, 0.4) is 0 Å². The molecular formula is C16H18F2N2O. The molecule has 0 spiro atoms. The first-order chi connectivity index (χ1) is 10.1. The van der Waals surface area contributed by atoms with Gasteiger partial charge in [-0.1, -0.05) is 13.3 Å². The maximum atomic E-state index is 13.2. The summed E-state index contributed by atoms with van der Waals surface area (Å²) in [5.41, 5.74) is 1.95. The second kappa shape index (κ2) is 7.13. The second-order valence-corrected chi connectivity index (χ2v) is 4.76. The Morgan fingerprint density at radius 3 is 2.62 bits per heavy atom. The van der Waals surface area contributed by atoms with Gasteiger partial charge < -0.3 is 10.1 Å². The summed E-state index contributed by atoms with van der Waals surface area (Å²) in [6.07, 6.45) is 1.81. The van der Waals surface area contributed by atoms with Crippen molar-refractivity contribution in [3.8, 4) is 11.6 Å². The molecular weight excluding hydrogens is 274 g/mol. The molecule has 0 aliphatic carbocycles. The maximum Gasteiger partial charge on any atom is 0.219 e. The SMILES string of the molecule is CCCc1cc(CNC)cc(Oc2ccc(F)c(F)c2)n1. The number of hydrogen-bond donors (Lipinski definition) is 1. The van der Waals surface area contributed by atoms with Crippen LogP contribution in [0.15, 0.2) is 30.3 Å². The molecule has 112 valence electrons. The summed E-state index contributed by atoms with van der Waals surface area (Å²) in [6.45, 7) is 2.76. The van der Waals surface area contributed by atoms with E-state index in [-0.39, 0.29) is 5.75 Å². The van der Waals surface area contributed by atoms with Crippen molar-refractivity contribution in [2.75, 3.05) is 7.05 Å². The topological polar surface area (TPSA) is 34.1 Å². The van der Waals surface area contributed by atoms with E-state index in [9.17, 15) is 8.78 Å². The smallest absolute Gasteiger partial charge is 0.219 e. The summed E-state index contributed by atoms with van der Waals surface area (Å²) in [4.78, 5) is 4.39. The van der Waals surface area contributed by atoms with E-state index >= 15 is 0 Å². The highest BCUT2D eigenvalue weighted by Crippen LogP contribution is 2.23. The molecule has 2 rings (SSSR count). The lowest BCUT2D eigenvalue weighted by Gasteiger charge is -2.10. The number of rotatable bonds is 6. The molecule has 0 unspecified atom stereocenters. The molecule has 0 aliphatic heterocycles. The minimum atomic E-state index is -0.937. The Labute approximate surface area is 123 Å². The maximum absolute atomic E-state index is 13.2. The van der Waals surface area contributed by atoms with E-state index in [1.54, 1.807) is 6.07 Å². The van der Waals surface area contributed by atoms with Gasteiger partial charge in [0.05, 0.1) is 0 Å². The van der Waals surface area contributed by atoms with Gasteiger partial charge in [-0.25, -0.2) is 13.8 Å².